The molecule has 1 saturated heterocycles. The second-order valence-electron chi connectivity index (χ2n) is 5.22. The fourth-order valence-corrected chi connectivity index (χ4v) is 2.56. The summed E-state index contributed by atoms with van der Waals surface area (Å²) in [6.07, 6.45) is -2.98. The molecule has 2 unspecified atom stereocenters. The summed E-state index contributed by atoms with van der Waals surface area (Å²) in [6, 6.07) is 0.642. The van der Waals surface area contributed by atoms with Crippen molar-refractivity contribution in [1.82, 2.24) is 9.88 Å². The smallest absolute Gasteiger partial charge is 0.406 e. The highest BCUT2D eigenvalue weighted by atomic mass is 19.4. The zero-order valence-electron chi connectivity index (χ0n) is 11.2. The van der Waals surface area contributed by atoms with Gasteiger partial charge in [-0.15, -0.1) is 0 Å². The van der Waals surface area contributed by atoms with Gasteiger partial charge in [0.1, 0.15) is 5.82 Å². The summed E-state index contributed by atoms with van der Waals surface area (Å²) >= 11 is 0. The van der Waals surface area contributed by atoms with Crippen LogP contribution < -0.4 is 0 Å². The molecule has 0 saturated carbocycles. The Morgan fingerprint density at radius 1 is 1.48 bits per heavy atom. The number of hydrogen-bond acceptors (Lipinski definition) is 3. The van der Waals surface area contributed by atoms with E-state index >= 15 is 0 Å². The fraction of sp³-hybridized carbons (Fsp3) is 0.538. The van der Waals surface area contributed by atoms with Crippen LogP contribution in [0, 0.1) is 11.2 Å². The molecule has 2 atom stereocenters. The van der Waals surface area contributed by atoms with Crippen LogP contribution >= 0.6 is 0 Å². The maximum Gasteiger partial charge on any atom is 0.406 e. The molecule has 1 aliphatic heterocycles. The standard InChI is InChI=1S/C13H14F4N2O2/c1-8(9-4-10(14)6-18-5-9)19-3-2-12(7-19,11(20)21)13(15,16)17/h4-6,8H,2-3,7H2,1H3,(H,20,21). The van der Waals surface area contributed by atoms with Gasteiger partial charge in [-0.2, -0.15) is 13.2 Å². The summed E-state index contributed by atoms with van der Waals surface area (Å²) in [4.78, 5) is 16.2. The van der Waals surface area contributed by atoms with Gasteiger partial charge in [0.05, 0.1) is 6.20 Å². The maximum atomic E-state index is 13.1. The molecule has 1 aromatic rings. The molecule has 0 amide bonds. The predicted molar refractivity (Wildman–Crippen MR) is 64.9 cm³/mol. The summed E-state index contributed by atoms with van der Waals surface area (Å²) in [7, 11) is 0. The molecule has 0 aliphatic carbocycles. The quantitative estimate of drug-likeness (QED) is 0.872. The van der Waals surface area contributed by atoms with Gasteiger partial charge >= 0.3 is 12.1 Å². The summed E-state index contributed by atoms with van der Waals surface area (Å²) < 4.78 is 52.4. The fourth-order valence-electron chi connectivity index (χ4n) is 2.56. The Morgan fingerprint density at radius 2 is 2.14 bits per heavy atom. The SMILES string of the molecule is CC(c1cncc(F)c1)N1CCC(C(=O)O)(C(F)(F)F)C1. The lowest BCUT2D eigenvalue weighted by molar-refractivity contribution is -0.227. The molecule has 116 valence electrons. The third-order valence-corrected chi connectivity index (χ3v) is 4.01. The number of hydrogen-bond donors (Lipinski definition) is 1. The van der Waals surface area contributed by atoms with Crippen molar-refractivity contribution >= 4 is 5.97 Å². The first kappa shape index (κ1) is 15.7. The topological polar surface area (TPSA) is 53.4 Å². The number of halogens is 4. The molecular weight excluding hydrogens is 292 g/mol. The Balaban J connectivity index is 2.23. The number of carboxylic acids is 1. The highest BCUT2D eigenvalue weighted by molar-refractivity contribution is 5.76. The average Bonchev–Trinajstić information content (AvgIpc) is 2.83. The highest BCUT2D eigenvalue weighted by Gasteiger charge is 2.63. The minimum atomic E-state index is -4.83. The van der Waals surface area contributed by atoms with Gasteiger partial charge < -0.3 is 5.11 Å². The van der Waals surface area contributed by atoms with Crippen LogP contribution in [-0.4, -0.2) is 40.2 Å². The third kappa shape index (κ3) is 2.72. The Hall–Kier alpha value is -1.70. The number of carbonyl (C=O) groups is 1. The van der Waals surface area contributed by atoms with Crippen LogP contribution in [0.5, 0.6) is 0 Å². The van der Waals surface area contributed by atoms with E-state index in [1.165, 1.54) is 17.2 Å². The van der Waals surface area contributed by atoms with E-state index < -0.39 is 42.4 Å². The van der Waals surface area contributed by atoms with E-state index in [1.54, 1.807) is 6.92 Å². The van der Waals surface area contributed by atoms with Crippen LogP contribution in [0.15, 0.2) is 18.5 Å². The van der Waals surface area contributed by atoms with E-state index in [0.29, 0.717) is 5.56 Å². The zero-order chi connectivity index (χ0) is 15.8. The van der Waals surface area contributed by atoms with Crippen LogP contribution in [0.25, 0.3) is 0 Å². The summed E-state index contributed by atoms with van der Waals surface area (Å²) in [5.41, 5.74) is -2.35. The van der Waals surface area contributed by atoms with Gasteiger partial charge in [-0.05, 0) is 25.0 Å². The van der Waals surface area contributed by atoms with Gasteiger partial charge in [-0.1, -0.05) is 0 Å². The normalized spacial score (nSPS) is 25.0. The number of pyridine rings is 1. The summed E-state index contributed by atoms with van der Waals surface area (Å²) in [5.74, 6) is -2.46. The predicted octanol–water partition coefficient (Wildman–Crippen LogP) is 2.62. The number of carboxylic acid groups (broad SMARTS) is 1. The van der Waals surface area contributed by atoms with E-state index in [-0.39, 0.29) is 6.54 Å². The van der Waals surface area contributed by atoms with Gasteiger partial charge in [-0.3, -0.25) is 14.7 Å². The van der Waals surface area contributed by atoms with Gasteiger partial charge in [0.2, 0.25) is 0 Å². The van der Waals surface area contributed by atoms with E-state index in [2.05, 4.69) is 4.98 Å². The number of nitrogens with zero attached hydrogens (tertiary/aromatic N) is 2. The molecule has 1 fully saturated rings. The monoisotopic (exact) mass is 306 g/mol. The van der Waals surface area contributed by atoms with Crippen molar-refractivity contribution in [2.45, 2.75) is 25.6 Å². The first-order chi connectivity index (χ1) is 9.67. The maximum absolute atomic E-state index is 13.1. The first-order valence-corrected chi connectivity index (χ1v) is 6.32. The Bertz CT molecular complexity index is 549. The van der Waals surface area contributed by atoms with Crippen LogP contribution in [-0.2, 0) is 4.79 Å². The van der Waals surface area contributed by atoms with Crippen molar-refractivity contribution in [1.29, 1.82) is 0 Å². The number of alkyl halides is 3. The second-order valence-corrected chi connectivity index (χ2v) is 5.22. The number of rotatable bonds is 3. The molecule has 8 heteroatoms. The Morgan fingerprint density at radius 3 is 2.62 bits per heavy atom. The van der Waals surface area contributed by atoms with E-state index in [4.69, 9.17) is 5.11 Å². The molecule has 1 aliphatic rings. The largest absolute Gasteiger partial charge is 0.481 e. The van der Waals surface area contributed by atoms with Crippen LogP contribution in [0.2, 0.25) is 0 Å². The molecule has 0 bridgehead atoms. The molecule has 21 heavy (non-hydrogen) atoms. The Labute approximate surface area is 118 Å². The third-order valence-electron chi connectivity index (χ3n) is 4.01. The number of likely N-dealkylation sites (tertiary alicyclic amines) is 1. The molecule has 4 nitrogen and oxygen atoms in total. The van der Waals surface area contributed by atoms with Crippen molar-refractivity contribution in [2.24, 2.45) is 5.41 Å². The minimum absolute atomic E-state index is 0.0243. The lowest BCUT2D eigenvalue weighted by Crippen LogP contribution is -2.47. The zero-order valence-corrected chi connectivity index (χ0v) is 11.2. The van der Waals surface area contributed by atoms with E-state index in [0.717, 1.165) is 6.20 Å². The van der Waals surface area contributed by atoms with Crippen molar-refractivity contribution in [2.75, 3.05) is 13.1 Å². The minimum Gasteiger partial charge on any atom is -0.481 e. The molecule has 0 spiro atoms. The van der Waals surface area contributed by atoms with Crippen molar-refractivity contribution in [3.63, 3.8) is 0 Å². The van der Waals surface area contributed by atoms with E-state index in [9.17, 15) is 22.4 Å². The van der Waals surface area contributed by atoms with E-state index in [1.807, 2.05) is 0 Å². The molecular formula is C13H14F4N2O2. The van der Waals surface area contributed by atoms with Gasteiger partial charge in [-0.25, -0.2) is 4.39 Å². The van der Waals surface area contributed by atoms with Gasteiger partial charge in [0, 0.05) is 25.3 Å². The molecule has 1 aromatic heterocycles. The van der Waals surface area contributed by atoms with Gasteiger partial charge in [0.25, 0.3) is 0 Å². The Kier molecular flexibility index (Phi) is 3.92. The lowest BCUT2D eigenvalue weighted by Gasteiger charge is -2.29. The molecule has 2 rings (SSSR count). The molecule has 2 heterocycles. The highest BCUT2D eigenvalue weighted by Crippen LogP contribution is 2.47. The second kappa shape index (κ2) is 5.25. The summed E-state index contributed by atoms with van der Waals surface area (Å²) in [6.45, 7) is 0.928. The average molecular weight is 306 g/mol. The molecule has 0 radical (unpaired) electrons. The van der Waals surface area contributed by atoms with Crippen molar-refractivity contribution < 1.29 is 27.5 Å². The van der Waals surface area contributed by atoms with Crippen LogP contribution in [0.3, 0.4) is 0 Å². The first-order valence-electron chi connectivity index (χ1n) is 6.32. The van der Waals surface area contributed by atoms with Gasteiger partial charge in [0.15, 0.2) is 5.41 Å². The summed E-state index contributed by atoms with van der Waals surface area (Å²) in [5, 5.41) is 8.99. The molecule has 0 aromatic carbocycles. The molecule has 1 N–H and O–H groups in total. The van der Waals surface area contributed by atoms with Crippen LogP contribution in [0.1, 0.15) is 24.9 Å². The van der Waals surface area contributed by atoms with Crippen molar-refractivity contribution in [3.8, 4) is 0 Å². The lowest BCUT2D eigenvalue weighted by atomic mass is 9.86. The van der Waals surface area contributed by atoms with Crippen LogP contribution in [0.4, 0.5) is 17.6 Å². The number of aromatic nitrogens is 1. The van der Waals surface area contributed by atoms with Crippen molar-refractivity contribution in [3.05, 3.63) is 29.8 Å². The number of aliphatic carboxylic acids is 1.